The molecule has 0 aliphatic heterocycles. The first-order valence-electron chi connectivity index (χ1n) is 9.16. The van der Waals surface area contributed by atoms with Gasteiger partial charge in [0, 0.05) is 11.8 Å². The Morgan fingerprint density at radius 2 is 1.50 bits per heavy atom. The van der Waals surface area contributed by atoms with Crippen molar-refractivity contribution in [1.29, 1.82) is 0 Å². The lowest BCUT2D eigenvalue weighted by Gasteiger charge is -2.11. The second-order valence-corrected chi connectivity index (χ2v) is 6.40. The van der Waals surface area contributed by atoms with Crippen molar-refractivity contribution in [2.45, 2.75) is 6.92 Å². The van der Waals surface area contributed by atoms with Crippen LogP contribution in [0.25, 0.3) is 27.8 Å². The van der Waals surface area contributed by atoms with Gasteiger partial charge in [-0.3, -0.25) is 9.20 Å². The van der Waals surface area contributed by atoms with Crippen molar-refractivity contribution in [2.75, 3.05) is 6.61 Å². The Kier molecular flexibility index (Phi) is 4.77. The number of carbonyl (C=O) groups excluding carboxylic acids is 1. The minimum Gasteiger partial charge on any atom is -0.462 e. The largest absolute Gasteiger partial charge is 0.462 e. The van der Waals surface area contributed by atoms with E-state index in [9.17, 15) is 9.59 Å². The highest BCUT2D eigenvalue weighted by Crippen LogP contribution is 2.28. The highest BCUT2D eigenvalue weighted by Gasteiger charge is 2.17. The van der Waals surface area contributed by atoms with E-state index in [0.29, 0.717) is 0 Å². The molecule has 4 heteroatoms. The molecule has 4 nitrogen and oxygen atoms in total. The Balaban J connectivity index is 1.87. The summed E-state index contributed by atoms with van der Waals surface area (Å²) in [5.41, 5.74) is 4.37. The van der Waals surface area contributed by atoms with Crippen LogP contribution in [0.2, 0.25) is 0 Å². The maximum atomic E-state index is 12.7. The number of carbonyl (C=O) groups is 1. The van der Waals surface area contributed by atoms with Crippen LogP contribution < -0.4 is 5.56 Å². The molecular formula is C24H19NO3. The van der Waals surface area contributed by atoms with Crippen LogP contribution in [0, 0.1) is 0 Å². The van der Waals surface area contributed by atoms with E-state index in [0.717, 1.165) is 27.8 Å². The van der Waals surface area contributed by atoms with Crippen LogP contribution in [0.4, 0.5) is 0 Å². The molecule has 28 heavy (non-hydrogen) atoms. The molecule has 2 aromatic carbocycles. The zero-order chi connectivity index (χ0) is 19.5. The number of hydrogen-bond acceptors (Lipinski definition) is 3. The Morgan fingerprint density at radius 1 is 0.857 bits per heavy atom. The molecule has 4 aromatic rings. The molecule has 0 unspecified atom stereocenters. The van der Waals surface area contributed by atoms with Crippen molar-refractivity contribution in [2.24, 2.45) is 0 Å². The second-order valence-electron chi connectivity index (χ2n) is 6.40. The summed E-state index contributed by atoms with van der Waals surface area (Å²) in [6, 6.07) is 25.4. The molecule has 2 aromatic heterocycles. The molecule has 0 aliphatic carbocycles. The predicted molar refractivity (Wildman–Crippen MR) is 110 cm³/mol. The lowest BCUT2D eigenvalue weighted by Crippen LogP contribution is -2.23. The van der Waals surface area contributed by atoms with Gasteiger partial charge in [-0.15, -0.1) is 0 Å². The van der Waals surface area contributed by atoms with Gasteiger partial charge in [-0.2, -0.15) is 0 Å². The highest BCUT2D eigenvalue weighted by atomic mass is 16.5. The summed E-state index contributed by atoms with van der Waals surface area (Å²) in [6.45, 7) is 1.94. The van der Waals surface area contributed by atoms with Gasteiger partial charge >= 0.3 is 5.97 Å². The van der Waals surface area contributed by atoms with Gasteiger partial charge in [-0.05, 0) is 41.8 Å². The molecular weight excluding hydrogens is 350 g/mol. The molecule has 2 heterocycles. The average Bonchev–Trinajstić information content (AvgIpc) is 2.75. The number of nitrogens with zero attached hydrogens (tertiary/aromatic N) is 1. The topological polar surface area (TPSA) is 47.8 Å². The second kappa shape index (κ2) is 7.53. The fraction of sp³-hybridized carbons (Fsp3) is 0.0833. The number of fused-ring (bicyclic) bond motifs is 1. The standard InChI is InChI=1S/C24H19NO3/c1-2-28-24(27)21-16-20(22-10-6-7-15-25(22)23(21)26)19-13-11-18(12-14-19)17-8-4-3-5-9-17/h3-16H,2H2,1H3. The van der Waals surface area contributed by atoms with Gasteiger partial charge in [0.1, 0.15) is 5.56 Å². The molecule has 0 N–H and O–H groups in total. The zero-order valence-electron chi connectivity index (χ0n) is 15.5. The maximum Gasteiger partial charge on any atom is 0.343 e. The van der Waals surface area contributed by atoms with Gasteiger partial charge in [0.05, 0.1) is 12.1 Å². The summed E-state index contributed by atoms with van der Waals surface area (Å²) in [4.78, 5) is 25.0. The highest BCUT2D eigenvalue weighted by molar-refractivity contribution is 5.93. The Morgan fingerprint density at radius 3 is 2.21 bits per heavy atom. The number of hydrogen-bond donors (Lipinski definition) is 0. The summed E-state index contributed by atoms with van der Waals surface area (Å²) < 4.78 is 6.57. The molecule has 0 amide bonds. The minimum atomic E-state index is -0.604. The molecule has 0 spiro atoms. The first-order valence-corrected chi connectivity index (χ1v) is 9.16. The summed E-state index contributed by atoms with van der Waals surface area (Å²) in [5.74, 6) is -0.604. The van der Waals surface area contributed by atoms with E-state index in [1.54, 1.807) is 25.3 Å². The third-order valence-electron chi connectivity index (χ3n) is 4.67. The van der Waals surface area contributed by atoms with Gasteiger partial charge in [-0.25, -0.2) is 4.79 Å². The molecule has 0 bridgehead atoms. The van der Waals surface area contributed by atoms with E-state index in [4.69, 9.17) is 4.74 Å². The predicted octanol–water partition coefficient (Wildman–Crippen LogP) is 4.81. The zero-order valence-corrected chi connectivity index (χ0v) is 15.5. The van der Waals surface area contributed by atoms with Crippen molar-refractivity contribution in [3.8, 4) is 22.3 Å². The van der Waals surface area contributed by atoms with E-state index in [1.165, 1.54) is 4.40 Å². The van der Waals surface area contributed by atoms with E-state index in [2.05, 4.69) is 12.1 Å². The molecule has 0 saturated heterocycles. The number of ether oxygens (including phenoxy) is 1. The van der Waals surface area contributed by atoms with E-state index in [-0.39, 0.29) is 17.7 Å². The fourth-order valence-corrected chi connectivity index (χ4v) is 3.31. The lowest BCUT2D eigenvalue weighted by atomic mass is 9.99. The van der Waals surface area contributed by atoms with Crippen LogP contribution in [-0.4, -0.2) is 17.0 Å². The van der Waals surface area contributed by atoms with Crippen LogP contribution in [0.5, 0.6) is 0 Å². The van der Waals surface area contributed by atoms with Crippen LogP contribution >= 0.6 is 0 Å². The molecule has 0 radical (unpaired) electrons. The smallest absolute Gasteiger partial charge is 0.343 e. The van der Waals surface area contributed by atoms with Gasteiger partial charge in [0.15, 0.2) is 0 Å². The Labute approximate surface area is 162 Å². The number of benzene rings is 2. The van der Waals surface area contributed by atoms with Crippen LogP contribution in [0.1, 0.15) is 17.3 Å². The van der Waals surface area contributed by atoms with E-state index < -0.39 is 5.97 Å². The summed E-state index contributed by atoms with van der Waals surface area (Å²) in [6.07, 6.45) is 1.67. The van der Waals surface area contributed by atoms with Crippen molar-refractivity contribution < 1.29 is 9.53 Å². The lowest BCUT2D eigenvalue weighted by molar-refractivity contribution is 0.0524. The van der Waals surface area contributed by atoms with E-state index in [1.807, 2.05) is 54.6 Å². The quantitative estimate of drug-likeness (QED) is 0.485. The van der Waals surface area contributed by atoms with Crippen LogP contribution in [-0.2, 0) is 4.74 Å². The third kappa shape index (κ3) is 3.21. The van der Waals surface area contributed by atoms with Gasteiger partial charge in [-0.1, -0.05) is 60.7 Å². The first-order chi connectivity index (χ1) is 13.7. The minimum absolute atomic E-state index is 0.0349. The number of esters is 1. The van der Waals surface area contributed by atoms with Crippen molar-refractivity contribution in [1.82, 2.24) is 4.40 Å². The number of aromatic nitrogens is 1. The fourth-order valence-electron chi connectivity index (χ4n) is 3.31. The number of pyridine rings is 2. The number of rotatable bonds is 4. The van der Waals surface area contributed by atoms with Crippen LogP contribution in [0.15, 0.2) is 89.9 Å². The molecule has 0 atom stereocenters. The molecule has 0 saturated carbocycles. The van der Waals surface area contributed by atoms with Gasteiger partial charge in [0.2, 0.25) is 0 Å². The van der Waals surface area contributed by atoms with Crippen molar-refractivity contribution >= 4 is 11.5 Å². The molecule has 4 rings (SSSR count). The average molecular weight is 369 g/mol. The van der Waals surface area contributed by atoms with Crippen LogP contribution in [0.3, 0.4) is 0 Å². The summed E-state index contributed by atoms with van der Waals surface area (Å²) in [5, 5.41) is 0. The first kappa shape index (κ1) is 17.7. The van der Waals surface area contributed by atoms with E-state index >= 15 is 0 Å². The third-order valence-corrected chi connectivity index (χ3v) is 4.67. The van der Waals surface area contributed by atoms with Gasteiger partial charge < -0.3 is 4.74 Å². The van der Waals surface area contributed by atoms with Crippen molar-refractivity contribution in [3.05, 3.63) is 101 Å². The molecule has 138 valence electrons. The maximum absolute atomic E-state index is 12.7. The Bertz CT molecular complexity index is 1190. The summed E-state index contributed by atoms with van der Waals surface area (Å²) in [7, 11) is 0. The van der Waals surface area contributed by atoms with Crippen molar-refractivity contribution in [3.63, 3.8) is 0 Å². The SMILES string of the molecule is CCOC(=O)c1cc(-c2ccc(-c3ccccc3)cc2)c2ccccn2c1=O. The monoisotopic (exact) mass is 369 g/mol. The molecule has 0 aliphatic rings. The summed E-state index contributed by atoms with van der Waals surface area (Å²) >= 11 is 0. The molecule has 0 fully saturated rings. The van der Waals surface area contributed by atoms with Gasteiger partial charge in [0.25, 0.3) is 5.56 Å². The Hall–Kier alpha value is -3.66. The normalized spacial score (nSPS) is 10.8.